The fourth-order valence-corrected chi connectivity index (χ4v) is 3.91. The molecular formula is C22H21FN4. The Balaban J connectivity index is 1.30. The van der Waals surface area contributed by atoms with E-state index in [9.17, 15) is 4.39 Å². The van der Waals surface area contributed by atoms with Crippen LogP contribution in [0.25, 0.3) is 16.6 Å². The molecule has 3 heterocycles. The number of aromatic nitrogens is 2. The molecule has 27 heavy (non-hydrogen) atoms. The second-order valence-corrected chi connectivity index (χ2v) is 7.13. The first-order valence-corrected chi connectivity index (χ1v) is 9.34. The van der Waals surface area contributed by atoms with Gasteiger partial charge in [-0.25, -0.2) is 9.37 Å². The Morgan fingerprint density at radius 2 is 1.70 bits per heavy atom. The SMILES string of the molecule is Fc1ccc(N2CCN(Cc3cc4ncc5ccccc5n4c3)CC2)cc1. The second kappa shape index (κ2) is 6.67. The molecule has 0 radical (unpaired) electrons. The molecule has 0 aliphatic carbocycles. The van der Waals surface area contributed by atoms with Crippen molar-refractivity contribution in [2.24, 2.45) is 0 Å². The smallest absolute Gasteiger partial charge is 0.137 e. The third-order valence-corrected chi connectivity index (χ3v) is 5.36. The summed E-state index contributed by atoms with van der Waals surface area (Å²) < 4.78 is 15.3. The Hall–Kier alpha value is -2.92. The summed E-state index contributed by atoms with van der Waals surface area (Å²) in [6.07, 6.45) is 4.15. The molecule has 2 aromatic heterocycles. The van der Waals surface area contributed by atoms with E-state index >= 15 is 0 Å². The number of hydrogen-bond acceptors (Lipinski definition) is 3. The summed E-state index contributed by atoms with van der Waals surface area (Å²) >= 11 is 0. The Morgan fingerprint density at radius 3 is 2.52 bits per heavy atom. The van der Waals surface area contributed by atoms with E-state index in [4.69, 9.17) is 0 Å². The van der Waals surface area contributed by atoms with Crippen molar-refractivity contribution in [3.63, 3.8) is 0 Å². The maximum absolute atomic E-state index is 13.1. The van der Waals surface area contributed by atoms with Crippen molar-refractivity contribution in [3.8, 4) is 0 Å². The zero-order valence-electron chi connectivity index (χ0n) is 15.1. The Morgan fingerprint density at radius 1 is 0.926 bits per heavy atom. The van der Waals surface area contributed by atoms with Crippen molar-refractivity contribution in [2.75, 3.05) is 31.1 Å². The molecule has 0 N–H and O–H groups in total. The molecule has 5 rings (SSSR count). The highest BCUT2D eigenvalue weighted by atomic mass is 19.1. The number of piperazine rings is 1. The molecule has 0 spiro atoms. The number of anilines is 1. The van der Waals surface area contributed by atoms with Crippen molar-refractivity contribution in [1.29, 1.82) is 0 Å². The van der Waals surface area contributed by atoms with Crippen LogP contribution in [-0.4, -0.2) is 40.5 Å². The molecule has 136 valence electrons. The van der Waals surface area contributed by atoms with E-state index in [1.165, 1.54) is 23.2 Å². The fourth-order valence-electron chi connectivity index (χ4n) is 3.91. The summed E-state index contributed by atoms with van der Waals surface area (Å²) in [5, 5.41) is 1.15. The number of fused-ring (bicyclic) bond motifs is 3. The van der Waals surface area contributed by atoms with Crippen LogP contribution in [0.2, 0.25) is 0 Å². The van der Waals surface area contributed by atoms with Crippen LogP contribution < -0.4 is 4.90 Å². The monoisotopic (exact) mass is 360 g/mol. The van der Waals surface area contributed by atoms with E-state index < -0.39 is 0 Å². The molecule has 0 amide bonds. The standard InChI is InChI=1S/C22H21FN4/c23-19-5-7-20(8-6-19)26-11-9-25(10-12-26)15-17-13-22-24-14-18-3-1-2-4-21(18)27(22)16-17/h1-8,13-14,16H,9-12,15H2. The second-order valence-electron chi connectivity index (χ2n) is 7.13. The predicted octanol–water partition coefficient (Wildman–Crippen LogP) is 3.95. The number of halogens is 1. The van der Waals surface area contributed by atoms with Gasteiger partial charge in [0, 0.05) is 56.2 Å². The normalized spacial score (nSPS) is 15.7. The minimum atomic E-state index is -0.181. The van der Waals surface area contributed by atoms with Crippen LogP contribution in [0.1, 0.15) is 5.56 Å². The van der Waals surface area contributed by atoms with Crippen molar-refractivity contribution in [1.82, 2.24) is 14.3 Å². The lowest BCUT2D eigenvalue weighted by molar-refractivity contribution is 0.250. The minimum absolute atomic E-state index is 0.181. The van der Waals surface area contributed by atoms with Crippen LogP contribution in [0.5, 0.6) is 0 Å². The van der Waals surface area contributed by atoms with Crippen LogP contribution in [0.15, 0.2) is 67.0 Å². The first-order chi connectivity index (χ1) is 13.3. The van der Waals surface area contributed by atoms with Crippen LogP contribution in [0.4, 0.5) is 10.1 Å². The van der Waals surface area contributed by atoms with E-state index in [1.54, 1.807) is 0 Å². The van der Waals surface area contributed by atoms with Gasteiger partial charge in [-0.1, -0.05) is 18.2 Å². The van der Waals surface area contributed by atoms with Gasteiger partial charge in [-0.05, 0) is 42.0 Å². The van der Waals surface area contributed by atoms with E-state index in [1.807, 2.05) is 24.4 Å². The van der Waals surface area contributed by atoms with Crippen LogP contribution >= 0.6 is 0 Å². The molecule has 1 saturated heterocycles. The van der Waals surface area contributed by atoms with Gasteiger partial charge in [0.2, 0.25) is 0 Å². The molecule has 0 bridgehead atoms. The average Bonchev–Trinajstić information content (AvgIpc) is 3.12. The van der Waals surface area contributed by atoms with Gasteiger partial charge < -0.3 is 9.30 Å². The van der Waals surface area contributed by atoms with Gasteiger partial charge in [0.1, 0.15) is 11.5 Å². The third-order valence-electron chi connectivity index (χ3n) is 5.36. The maximum Gasteiger partial charge on any atom is 0.137 e. The topological polar surface area (TPSA) is 23.8 Å². The van der Waals surface area contributed by atoms with Gasteiger partial charge in [-0.15, -0.1) is 0 Å². The molecule has 1 aliphatic heterocycles. The quantitative estimate of drug-likeness (QED) is 0.553. The van der Waals surface area contributed by atoms with Gasteiger partial charge in [-0.3, -0.25) is 4.90 Å². The van der Waals surface area contributed by atoms with Crippen molar-refractivity contribution in [3.05, 3.63) is 78.4 Å². The molecule has 0 atom stereocenters. The molecule has 4 aromatic rings. The van der Waals surface area contributed by atoms with Gasteiger partial charge in [0.05, 0.1) is 5.52 Å². The van der Waals surface area contributed by atoms with Crippen LogP contribution in [0.3, 0.4) is 0 Å². The van der Waals surface area contributed by atoms with Gasteiger partial charge >= 0.3 is 0 Å². The zero-order chi connectivity index (χ0) is 18.2. The average molecular weight is 360 g/mol. The summed E-state index contributed by atoms with van der Waals surface area (Å²) in [4.78, 5) is 9.38. The first-order valence-electron chi connectivity index (χ1n) is 9.34. The van der Waals surface area contributed by atoms with E-state index in [2.05, 4.69) is 49.6 Å². The van der Waals surface area contributed by atoms with E-state index in [0.29, 0.717) is 0 Å². The highest BCUT2D eigenvalue weighted by Crippen LogP contribution is 2.20. The highest BCUT2D eigenvalue weighted by molar-refractivity contribution is 5.80. The zero-order valence-corrected chi connectivity index (χ0v) is 15.1. The molecule has 1 aliphatic rings. The van der Waals surface area contributed by atoms with Gasteiger partial charge in [0.25, 0.3) is 0 Å². The number of nitrogens with zero attached hydrogens (tertiary/aromatic N) is 4. The van der Waals surface area contributed by atoms with Crippen molar-refractivity contribution >= 4 is 22.2 Å². The molecule has 1 fully saturated rings. The lowest BCUT2D eigenvalue weighted by atomic mass is 10.2. The Bertz CT molecular complexity index is 1080. The first kappa shape index (κ1) is 16.3. The summed E-state index contributed by atoms with van der Waals surface area (Å²) in [5.41, 5.74) is 4.57. The number of rotatable bonds is 3. The van der Waals surface area contributed by atoms with Gasteiger partial charge in [0.15, 0.2) is 0 Å². The molecular weight excluding hydrogens is 339 g/mol. The van der Waals surface area contributed by atoms with E-state index in [0.717, 1.165) is 49.4 Å². The summed E-state index contributed by atoms with van der Waals surface area (Å²) in [6, 6.07) is 17.3. The lowest BCUT2D eigenvalue weighted by Gasteiger charge is -2.36. The summed E-state index contributed by atoms with van der Waals surface area (Å²) in [6.45, 7) is 4.84. The minimum Gasteiger partial charge on any atom is -0.369 e. The number of para-hydroxylation sites is 1. The Labute approximate surface area is 157 Å². The number of hydrogen-bond donors (Lipinski definition) is 0. The van der Waals surface area contributed by atoms with Crippen LogP contribution in [-0.2, 0) is 6.54 Å². The Kier molecular flexibility index (Phi) is 4.02. The molecule has 4 nitrogen and oxygen atoms in total. The maximum atomic E-state index is 13.1. The molecule has 0 saturated carbocycles. The molecule has 2 aromatic carbocycles. The van der Waals surface area contributed by atoms with Gasteiger partial charge in [-0.2, -0.15) is 0 Å². The van der Waals surface area contributed by atoms with E-state index in [-0.39, 0.29) is 5.82 Å². The van der Waals surface area contributed by atoms with Crippen molar-refractivity contribution in [2.45, 2.75) is 6.54 Å². The van der Waals surface area contributed by atoms with Crippen LogP contribution in [0, 0.1) is 5.82 Å². The third kappa shape index (κ3) is 3.15. The lowest BCUT2D eigenvalue weighted by Crippen LogP contribution is -2.45. The highest BCUT2D eigenvalue weighted by Gasteiger charge is 2.18. The fraction of sp³-hybridized carbons (Fsp3) is 0.227. The van der Waals surface area contributed by atoms with Crippen molar-refractivity contribution < 1.29 is 4.39 Å². The summed E-state index contributed by atoms with van der Waals surface area (Å²) in [7, 11) is 0. The number of benzene rings is 2. The predicted molar refractivity (Wildman–Crippen MR) is 107 cm³/mol. The molecule has 5 heteroatoms. The molecule has 0 unspecified atom stereocenters. The summed E-state index contributed by atoms with van der Waals surface area (Å²) in [5.74, 6) is -0.181. The largest absolute Gasteiger partial charge is 0.369 e.